The topological polar surface area (TPSA) is 109 Å². The van der Waals surface area contributed by atoms with Gasteiger partial charge in [0, 0.05) is 43.2 Å². The maximum absolute atomic E-state index is 12.1. The van der Waals surface area contributed by atoms with Crippen LogP contribution in [0, 0.1) is 0 Å². The minimum absolute atomic E-state index is 0.0978. The van der Waals surface area contributed by atoms with Crippen molar-refractivity contribution < 1.29 is 19.2 Å². The van der Waals surface area contributed by atoms with Crippen LogP contribution in [0.3, 0.4) is 0 Å². The predicted molar refractivity (Wildman–Crippen MR) is 75.2 cm³/mol. The third-order valence-electron chi connectivity index (χ3n) is 3.50. The lowest BCUT2D eigenvalue weighted by Crippen LogP contribution is -2.38. The first-order chi connectivity index (χ1) is 10.6. The van der Waals surface area contributed by atoms with Crippen LogP contribution in [0.4, 0.5) is 4.79 Å². The molecule has 2 aromatic heterocycles. The van der Waals surface area contributed by atoms with Crippen molar-refractivity contribution in [2.45, 2.75) is 12.5 Å². The van der Waals surface area contributed by atoms with Crippen molar-refractivity contribution in [1.82, 2.24) is 20.4 Å². The first-order valence-electron chi connectivity index (χ1n) is 6.79. The molecule has 0 aromatic carbocycles. The molecule has 1 atom stereocenters. The molecule has 0 saturated carbocycles. The predicted octanol–water partition coefficient (Wildman–Crippen LogP) is 1.22. The fourth-order valence-electron chi connectivity index (χ4n) is 2.35. The molecule has 8 heteroatoms. The molecule has 8 nitrogen and oxygen atoms in total. The highest BCUT2D eigenvalue weighted by Gasteiger charge is 2.28. The van der Waals surface area contributed by atoms with Crippen LogP contribution in [0.1, 0.15) is 17.0 Å². The van der Waals surface area contributed by atoms with Crippen molar-refractivity contribution in [3.8, 4) is 11.3 Å². The number of carboxylic acid groups (broad SMARTS) is 1. The van der Waals surface area contributed by atoms with Gasteiger partial charge in [-0.15, -0.1) is 0 Å². The fraction of sp³-hybridized carbons (Fsp3) is 0.286. The number of carbonyl (C=O) groups is 2. The van der Waals surface area contributed by atoms with Crippen LogP contribution in [0.25, 0.3) is 11.3 Å². The van der Waals surface area contributed by atoms with Crippen molar-refractivity contribution in [1.29, 1.82) is 0 Å². The number of nitrogens with zero attached hydrogens (tertiary/aromatic N) is 3. The van der Waals surface area contributed by atoms with Gasteiger partial charge in [0.05, 0.1) is 0 Å². The number of aromatic nitrogens is 2. The van der Waals surface area contributed by atoms with Gasteiger partial charge in [0.25, 0.3) is 5.91 Å². The highest BCUT2D eigenvalue weighted by Crippen LogP contribution is 2.18. The van der Waals surface area contributed by atoms with E-state index in [-0.39, 0.29) is 18.3 Å². The quantitative estimate of drug-likeness (QED) is 0.882. The first kappa shape index (κ1) is 14.1. The van der Waals surface area contributed by atoms with E-state index in [2.05, 4.69) is 15.5 Å². The van der Waals surface area contributed by atoms with Gasteiger partial charge in [-0.05, 0) is 18.6 Å². The minimum atomic E-state index is -0.976. The Morgan fingerprint density at radius 2 is 2.14 bits per heavy atom. The Bertz CT molecular complexity index is 685. The van der Waals surface area contributed by atoms with Gasteiger partial charge in [0.15, 0.2) is 0 Å². The molecule has 3 heterocycles. The molecule has 22 heavy (non-hydrogen) atoms. The van der Waals surface area contributed by atoms with Gasteiger partial charge in [0.2, 0.25) is 5.76 Å². The second-order valence-corrected chi connectivity index (χ2v) is 5.00. The van der Waals surface area contributed by atoms with E-state index in [4.69, 9.17) is 9.63 Å². The third-order valence-corrected chi connectivity index (χ3v) is 3.50. The minimum Gasteiger partial charge on any atom is -0.465 e. The largest absolute Gasteiger partial charge is 0.465 e. The van der Waals surface area contributed by atoms with Crippen molar-refractivity contribution in [3.05, 3.63) is 36.4 Å². The Morgan fingerprint density at radius 1 is 1.36 bits per heavy atom. The Labute approximate surface area is 125 Å². The molecule has 1 saturated heterocycles. The second kappa shape index (κ2) is 5.84. The van der Waals surface area contributed by atoms with E-state index in [1.54, 1.807) is 30.6 Å². The summed E-state index contributed by atoms with van der Waals surface area (Å²) in [7, 11) is 0. The third kappa shape index (κ3) is 2.90. The standard InChI is InChI=1S/C14H14N4O4/c19-13(16-10-3-6-18(8-10)14(20)21)12-7-11(17-22-12)9-1-4-15-5-2-9/h1-2,4-5,7,10H,3,6,8H2,(H,16,19)(H,20,21). The van der Waals surface area contributed by atoms with Crippen molar-refractivity contribution >= 4 is 12.0 Å². The van der Waals surface area contributed by atoms with E-state index in [1.807, 2.05) is 0 Å². The molecule has 2 amide bonds. The van der Waals surface area contributed by atoms with Gasteiger partial charge in [-0.25, -0.2) is 4.79 Å². The van der Waals surface area contributed by atoms with E-state index >= 15 is 0 Å². The fourth-order valence-corrected chi connectivity index (χ4v) is 2.35. The Kier molecular flexibility index (Phi) is 3.73. The number of rotatable bonds is 3. The van der Waals surface area contributed by atoms with E-state index in [0.717, 1.165) is 5.56 Å². The number of likely N-dealkylation sites (tertiary alicyclic amines) is 1. The van der Waals surface area contributed by atoms with Gasteiger partial charge >= 0.3 is 6.09 Å². The zero-order chi connectivity index (χ0) is 15.5. The summed E-state index contributed by atoms with van der Waals surface area (Å²) >= 11 is 0. The molecule has 0 bridgehead atoms. The Morgan fingerprint density at radius 3 is 2.82 bits per heavy atom. The van der Waals surface area contributed by atoms with Crippen LogP contribution in [-0.2, 0) is 0 Å². The number of hydrogen-bond acceptors (Lipinski definition) is 5. The molecule has 1 aliphatic rings. The second-order valence-electron chi connectivity index (χ2n) is 5.00. The molecule has 0 radical (unpaired) electrons. The molecule has 2 aromatic rings. The monoisotopic (exact) mass is 302 g/mol. The lowest BCUT2D eigenvalue weighted by molar-refractivity contribution is 0.0899. The molecule has 0 spiro atoms. The van der Waals surface area contributed by atoms with Crippen LogP contribution in [0.2, 0.25) is 0 Å². The summed E-state index contributed by atoms with van der Waals surface area (Å²) < 4.78 is 5.05. The van der Waals surface area contributed by atoms with Crippen molar-refractivity contribution in [2.75, 3.05) is 13.1 Å². The summed E-state index contributed by atoms with van der Waals surface area (Å²) in [5.41, 5.74) is 1.35. The average Bonchev–Trinajstić information content (AvgIpc) is 3.17. The molecule has 0 aliphatic carbocycles. The zero-order valence-electron chi connectivity index (χ0n) is 11.6. The maximum atomic E-state index is 12.1. The normalized spacial score (nSPS) is 17.5. The summed E-state index contributed by atoms with van der Waals surface area (Å²) in [4.78, 5) is 28.1. The molecule has 1 fully saturated rings. The van der Waals surface area contributed by atoms with Gasteiger partial charge in [-0.1, -0.05) is 5.16 Å². The van der Waals surface area contributed by atoms with Gasteiger partial charge in [-0.3, -0.25) is 9.78 Å². The summed E-state index contributed by atoms with van der Waals surface area (Å²) in [6.07, 6.45) is 2.87. The Balaban J connectivity index is 1.64. The number of amides is 2. The number of pyridine rings is 1. The van der Waals surface area contributed by atoms with Gasteiger partial charge in [0.1, 0.15) is 5.69 Å². The van der Waals surface area contributed by atoms with Crippen LogP contribution in [0.5, 0.6) is 0 Å². The molecule has 1 aliphatic heterocycles. The molecular formula is C14H14N4O4. The number of nitrogens with one attached hydrogen (secondary N) is 1. The van der Waals surface area contributed by atoms with Gasteiger partial charge in [-0.2, -0.15) is 0 Å². The van der Waals surface area contributed by atoms with E-state index < -0.39 is 12.0 Å². The summed E-state index contributed by atoms with van der Waals surface area (Å²) in [5.74, 6) is -0.300. The van der Waals surface area contributed by atoms with E-state index in [9.17, 15) is 9.59 Å². The van der Waals surface area contributed by atoms with Crippen LogP contribution in [-0.4, -0.2) is 51.3 Å². The highest BCUT2D eigenvalue weighted by molar-refractivity contribution is 5.92. The summed E-state index contributed by atoms with van der Waals surface area (Å²) in [6, 6.07) is 4.87. The summed E-state index contributed by atoms with van der Waals surface area (Å²) in [5, 5.41) is 15.5. The molecule has 1 unspecified atom stereocenters. The molecule has 2 N–H and O–H groups in total. The van der Waals surface area contributed by atoms with Gasteiger partial charge < -0.3 is 19.8 Å². The van der Waals surface area contributed by atoms with E-state index in [1.165, 1.54) is 4.90 Å². The number of carbonyl (C=O) groups excluding carboxylic acids is 1. The molecule has 114 valence electrons. The van der Waals surface area contributed by atoms with Crippen LogP contribution < -0.4 is 5.32 Å². The van der Waals surface area contributed by atoms with Crippen molar-refractivity contribution in [3.63, 3.8) is 0 Å². The molecule has 3 rings (SSSR count). The lowest BCUT2D eigenvalue weighted by atomic mass is 10.2. The van der Waals surface area contributed by atoms with Crippen LogP contribution in [0.15, 0.2) is 35.1 Å². The SMILES string of the molecule is O=C(NC1CCN(C(=O)O)C1)c1cc(-c2ccncc2)no1. The smallest absolute Gasteiger partial charge is 0.407 e. The highest BCUT2D eigenvalue weighted by atomic mass is 16.5. The zero-order valence-corrected chi connectivity index (χ0v) is 11.6. The van der Waals surface area contributed by atoms with E-state index in [0.29, 0.717) is 18.7 Å². The first-order valence-corrected chi connectivity index (χ1v) is 6.79. The summed E-state index contributed by atoms with van der Waals surface area (Å²) in [6.45, 7) is 0.700. The maximum Gasteiger partial charge on any atom is 0.407 e. The average molecular weight is 302 g/mol. The van der Waals surface area contributed by atoms with Crippen LogP contribution >= 0.6 is 0 Å². The van der Waals surface area contributed by atoms with Crippen molar-refractivity contribution in [2.24, 2.45) is 0 Å². The Hall–Kier alpha value is -2.90. The number of hydrogen-bond donors (Lipinski definition) is 2. The lowest BCUT2D eigenvalue weighted by Gasteiger charge is -2.12. The molecular weight excluding hydrogens is 288 g/mol.